The fraction of sp³-hybridized carbons (Fsp3) is 0.200. The van der Waals surface area contributed by atoms with E-state index in [9.17, 15) is 0 Å². The van der Waals surface area contributed by atoms with Crippen LogP contribution in [0.2, 0.25) is 0 Å². The van der Waals surface area contributed by atoms with Crippen LogP contribution >= 0.6 is 0 Å². The van der Waals surface area contributed by atoms with Crippen LogP contribution in [-0.4, -0.2) is 28.0 Å². The molecule has 0 saturated heterocycles. The summed E-state index contributed by atoms with van der Waals surface area (Å²) in [5.74, 6) is 6.46. The zero-order valence-corrected chi connectivity index (χ0v) is 13.6. The summed E-state index contributed by atoms with van der Waals surface area (Å²) in [5, 5.41) is 1.19. The van der Waals surface area contributed by atoms with E-state index in [1.165, 1.54) is 22.2 Å². The SMILES string of the molecule is Cc1c(N2CC=C(C#Cc3cccnc3)CC2)cnc2[nH]ccc12. The molecule has 1 aliphatic heterocycles. The predicted octanol–water partition coefficient (Wildman–Crippen LogP) is 3.45. The van der Waals surface area contributed by atoms with Crippen molar-refractivity contribution < 1.29 is 0 Å². The molecule has 0 atom stereocenters. The van der Waals surface area contributed by atoms with Crippen molar-refractivity contribution in [3.05, 3.63) is 65.8 Å². The molecule has 0 bridgehead atoms. The Morgan fingerprint density at radius 3 is 2.96 bits per heavy atom. The second kappa shape index (κ2) is 6.21. The van der Waals surface area contributed by atoms with Crippen LogP contribution in [0.25, 0.3) is 11.0 Å². The van der Waals surface area contributed by atoms with Crippen molar-refractivity contribution in [2.75, 3.05) is 18.0 Å². The number of hydrogen-bond acceptors (Lipinski definition) is 3. The van der Waals surface area contributed by atoms with Gasteiger partial charge in [-0.2, -0.15) is 0 Å². The summed E-state index contributed by atoms with van der Waals surface area (Å²) in [7, 11) is 0. The smallest absolute Gasteiger partial charge is 0.137 e. The first-order chi connectivity index (χ1) is 11.8. The molecule has 0 spiro atoms. The fourth-order valence-corrected chi connectivity index (χ4v) is 3.04. The van der Waals surface area contributed by atoms with Gasteiger partial charge in [0, 0.05) is 48.2 Å². The van der Waals surface area contributed by atoms with Crippen molar-refractivity contribution in [1.29, 1.82) is 0 Å². The second-order valence-corrected chi connectivity index (χ2v) is 5.93. The summed E-state index contributed by atoms with van der Waals surface area (Å²) in [4.78, 5) is 14.1. The first-order valence-electron chi connectivity index (χ1n) is 8.10. The Kier molecular flexibility index (Phi) is 3.76. The number of anilines is 1. The van der Waals surface area contributed by atoms with Crippen LogP contribution in [0, 0.1) is 18.8 Å². The van der Waals surface area contributed by atoms with E-state index >= 15 is 0 Å². The molecule has 0 amide bonds. The van der Waals surface area contributed by atoms with Crippen LogP contribution in [0.15, 0.2) is 54.6 Å². The highest BCUT2D eigenvalue weighted by Crippen LogP contribution is 2.27. The Morgan fingerprint density at radius 1 is 1.21 bits per heavy atom. The number of pyridine rings is 2. The Labute approximate surface area is 141 Å². The molecule has 0 fully saturated rings. The molecule has 4 heterocycles. The molecule has 0 aromatic carbocycles. The van der Waals surface area contributed by atoms with Crippen LogP contribution in [0.1, 0.15) is 17.5 Å². The maximum Gasteiger partial charge on any atom is 0.137 e. The quantitative estimate of drug-likeness (QED) is 0.700. The van der Waals surface area contributed by atoms with Crippen LogP contribution in [0.5, 0.6) is 0 Å². The number of H-pyrrole nitrogens is 1. The van der Waals surface area contributed by atoms with E-state index in [1.54, 1.807) is 12.4 Å². The third-order valence-electron chi connectivity index (χ3n) is 4.41. The van der Waals surface area contributed by atoms with E-state index in [0.717, 1.165) is 30.7 Å². The molecule has 118 valence electrons. The molecule has 1 N–H and O–H groups in total. The van der Waals surface area contributed by atoms with Gasteiger partial charge in [-0.3, -0.25) is 4.98 Å². The zero-order valence-electron chi connectivity index (χ0n) is 13.6. The third kappa shape index (κ3) is 2.77. The summed E-state index contributed by atoms with van der Waals surface area (Å²) in [5.41, 5.74) is 5.59. The number of aryl methyl sites for hydroxylation is 1. The molecule has 3 aromatic heterocycles. The second-order valence-electron chi connectivity index (χ2n) is 5.93. The predicted molar refractivity (Wildman–Crippen MR) is 96.9 cm³/mol. The minimum Gasteiger partial charge on any atom is -0.366 e. The number of fused-ring (bicyclic) bond motifs is 1. The average molecular weight is 314 g/mol. The third-order valence-corrected chi connectivity index (χ3v) is 4.41. The minimum absolute atomic E-state index is 0.871. The van der Waals surface area contributed by atoms with Crippen LogP contribution in [-0.2, 0) is 0 Å². The Morgan fingerprint density at radius 2 is 2.17 bits per heavy atom. The van der Waals surface area contributed by atoms with Gasteiger partial charge in [0.25, 0.3) is 0 Å². The molecule has 0 saturated carbocycles. The van der Waals surface area contributed by atoms with Gasteiger partial charge in [0.05, 0.1) is 11.9 Å². The van der Waals surface area contributed by atoms with E-state index in [0.29, 0.717) is 0 Å². The summed E-state index contributed by atoms with van der Waals surface area (Å²) in [6.07, 6.45) is 10.6. The van der Waals surface area contributed by atoms with E-state index in [1.807, 2.05) is 24.5 Å². The standard InChI is InChI=1S/C20H18N4/c1-15-18-6-10-22-20(18)23-14-19(15)24-11-7-16(8-12-24)4-5-17-3-2-9-21-13-17/h2-3,6-7,9-10,13-14H,8,11-12H2,1H3,(H,22,23). The average Bonchev–Trinajstić information content (AvgIpc) is 3.12. The van der Waals surface area contributed by atoms with Gasteiger partial charge in [-0.05, 0) is 37.1 Å². The molecule has 4 nitrogen and oxygen atoms in total. The highest BCUT2D eigenvalue weighted by molar-refractivity contribution is 5.84. The first-order valence-corrected chi connectivity index (χ1v) is 8.10. The van der Waals surface area contributed by atoms with Crippen LogP contribution in [0.3, 0.4) is 0 Å². The van der Waals surface area contributed by atoms with Crippen molar-refractivity contribution in [2.45, 2.75) is 13.3 Å². The number of nitrogens with one attached hydrogen (secondary N) is 1. The van der Waals surface area contributed by atoms with Gasteiger partial charge < -0.3 is 9.88 Å². The number of hydrogen-bond donors (Lipinski definition) is 1. The zero-order chi connectivity index (χ0) is 16.4. The van der Waals surface area contributed by atoms with Gasteiger partial charge in [0.2, 0.25) is 0 Å². The van der Waals surface area contributed by atoms with Crippen LogP contribution < -0.4 is 4.90 Å². The summed E-state index contributed by atoms with van der Waals surface area (Å²) in [6.45, 7) is 4.00. The van der Waals surface area contributed by atoms with Crippen molar-refractivity contribution in [1.82, 2.24) is 15.0 Å². The van der Waals surface area contributed by atoms with Crippen molar-refractivity contribution in [3.63, 3.8) is 0 Å². The monoisotopic (exact) mass is 314 g/mol. The first kappa shape index (κ1) is 14.5. The lowest BCUT2D eigenvalue weighted by Crippen LogP contribution is -2.29. The molecule has 4 rings (SSSR count). The molecule has 1 aliphatic rings. The molecule has 0 aliphatic carbocycles. The lowest BCUT2D eigenvalue weighted by molar-refractivity contribution is 0.800. The normalized spacial score (nSPS) is 14.2. The Balaban J connectivity index is 1.53. The highest BCUT2D eigenvalue weighted by atomic mass is 15.1. The van der Waals surface area contributed by atoms with Crippen LogP contribution in [0.4, 0.5) is 5.69 Å². The Bertz CT molecular complexity index is 957. The highest BCUT2D eigenvalue weighted by Gasteiger charge is 2.15. The number of rotatable bonds is 1. The number of aromatic nitrogens is 3. The lowest BCUT2D eigenvalue weighted by Gasteiger charge is -2.28. The molecular weight excluding hydrogens is 296 g/mol. The number of aromatic amines is 1. The molecule has 3 aromatic rings. The largest absolute Gasteiger partial charge is 0.366 e. The molecule has 24 heavy (non-hydrogen) atoms. The van der Waals surface area contributed by atoms with Crippen molar-refractivity contribution in [2.24, 2.45) is 0 Å². The van der Waals surface area contributed by atoms with Gasteiger partial charge in [0.15, 0.2) is 0 Å². The van der Waals surface area contributed by atoms with E-state index in [4.69, 9.17) is 0 Å². The van der Waals surface area contributed by atoms with Gasteiger partial charge in [-0.15, -0.1) is 0 Å². The maximum absolute atomic E-state index is 4.52. The summed E-state index contributed by atoms with van der Waals surface area (Å²) < 4.78 is 0. The molecular formula is C20H18N4. The lowest BCUT2D eigenvalue weighted by atomic mass is 10.1. The van der Waals surface area contributed by atoms with E-state index < -0.39 is 0 Å². The van der Waals surface area contributed by atoms with Crippen molar-refractivity contribution in [3.8, 4) is 11.8 Å². The molecule has 0 radical (unpaired) electrons. The van der Waals surface area contributed by atoms with E-state index in [2.05, 4.69) is 50.8 Å². The van der Waals surface area contributed by atoms with Crippen molar-refractivity contribution >= 4 is 16.7 Å². The van der Waals surface area contributed by atoms with Gasteiger partial charge >= 0.3 is 0 Å². The topological polar surface area (TPSA) is 44.8 Å². The maximum atomic E-state index is 4.52. The summed E-state index contributed by atoms with van der Waals surface area (Å²) >= 11 is 0. The fourth-order valence-electron chi connectivity index (χ4n) is 3.04. The Hall–Kier alpha value is -3.06. The van der Waals surface area contributed by atoms with Gasteiger partial charge in [0.1, 0.15) is 5.65 Å². The minimum atomic E-state index is 0.871. The van der Waals surface area contributed by atoms with Gasteiger partial charge in [-0.1, -0.05) is 17.9 Å². The number of nitrogens with zero attached hydrogens (tertiary/aromatic N) is 3. The molecule has 0 unspecified atom stereocenters. The summed E-state index contributed by atoms with van der Waals surface area (Å²) in [6, 6.07) is 5.98. The molecule has 4 heteroatoms. The van der Waals surface area contributed by atoms with E-state index in [-0.39, 0.29) is 0 Å². The van der Waals surface area contributed by atoms with Gasteiger partial charge in [-0.25, -0.2) is 4.98 Å².